The summed E-state index contributed by atoms with van der Waals surface area (Å²) in [5.74, 6) is 0. The number of fused-ring (bicyclic) bond motifs is 15. The molecule has 364 valence electrons. The summed E-state index contributed by atoms with van der Waals surface area (Å²) < 4.78 is 9.20. The van der Waals surface area contributed by atoms with Crippen LogP contribution < -0.4 is 4.90 Å². The molecule has 0 saturated carbocycles. The van der Waals surface area contributed by atoms with Crippen LogP contribution >= 0.6 is 11.3 Å². The summed E-state index contributed by atoms with van der Waals surface area (Å²) in [6, 6.07) is 87.5. The zero-order valence-electron chi connectivity index (χ0n) is 42.5. The van der Waals surface area contributed by atoms with Gasteiger partial charge >= 0.3 is 0 Å². The van der Waals surface area contributed by atoms with E-state index in [2.05, 4.69) is 251 Å². The van der Waals surface area contributed by atoms with E-state index in [1.54, 1.807) is 11.3 Å². The minimum Gasteiger partial charge on any atom is -0.310 e. The van der Waals surface area contributed by atoms with E-state index in [1.165, 1.54) is 48.5 Å². The molecule has 0 fully saturated rings. The van der Waals surface area contributed by atoms with Crippen molar-refractivity contribution in [2.45, 2.75) is 19.3 Å². The van der Waals surface area contributed by atoms with Gasteiger partial charge in [-0.25, -0.2) is 0 Å². The summed E-state index contributed by atoms with van der Waals surface area (Å²) in [6.45, 7) is 4.61. The van der Waals surface area contributed by atoms with E-state index in [0.29, 0.717) is 22.5 Å². The SMILES string of the molecule is CC1(C)c2ccccc2-c2cc3c4cc(N(c5ccccc5)c5ccccc5)ccc4n(-c4cc(C#N)c(-n5c6ccc(-n7c8ccccc8c8ccccc87)cc6c6cc7c(cc65)sc5ccccc57)cc4C#N)c3cc21. The number of nitrogens with zero attached hydrogens (tertiary/aromatic N) is 6. The van der Waals surface area contributed by atoms with Gasteiger partial charge in [-0.1, -0.05) is 129 Å². The Morgan fingerprint density at radius 3 is 1.55 bits per heavy atom. The highest BCUT2D eigenvalue weighted by molar-refractivity contribution is 7.25. The highest BCUT2D eigenvalue weighted by atomic mass is 32.1. The minimum atomic E-state index is -0.276. The number of nitriles is 2. The average Bonchev–Trinajstić information content (AvgIpc) is 4.15. The van der Waals surface area contributed by atoms with E-state index in [-0.39, 0.29) is 5.41 Å². The molecule has 4 aromatic heterocycles. The Hall–Kier alpha value is -10.2. The number of benzene rings is 11. The van der Waals surface area contributed by atoms with Crippen LogP contribution in [0.1, 0.15) is 36.1 Å². The van der Waals surface area contributed by atoms with Gasteiger partial charge in [-0.3, -0.25) is 0 Å². The Morgan fingerprint density at radius 1 is 0.359 bits per heavy atom. The molecule has 0 radical (unpaired) electrons. The summed E-state index contributed by atoms with van der Waals surface area (Å²) in [7, 11) is 0. The first-order chi connectivity index (χ1) is 38.4. The summed E-state index contributed by atoms with van der Waals surface area (Å²) in [5.41, 5.74) is 17.2. The minimum absolute atomic E-state index is 0.276. The van der Waals surface area contributed by atoms with Gasteiger partial charge in [-0.2, -0.15) is 10.5 Å². The molecule has 15 aromatic rings. The van der Waals surface area contributed by atoms with Gasteiger partial charge in [0.1, 0.15) is 12.1 Å². The maximum absolute atomic E-state index is 11.6. The lowest BCUT2D eigenvalue weighted by atomic mass is 9.82. The summed E-state index contributed by atoms with van der Waals surface area (Å²) in [5, 5.41) is 32.2. The van der Waals surface area contributed by atoms with Crippen molar-refractivity contribution < 1.29 is 0 Å². The van der Waals surface area contributed by atoms with E-state index >= 15 is 0 Å². The van der Waals surface area contributed by atoms with Crippen LogP contribution in [0.3, 0.4) is 0 Å². The molecule has 0 amide bonds. The maximum atomic E-state index is 11.6. The van der Waals surface area contributed by atoms with Crippen molar-refractivity contribution >= 4 is 114 Å². The standard InChI is InChI=1S/C71H44N6S/c1-71(2)59-25-13-9-21-49(59)53-37-56-54-35-47(74(45-17-5-3-6-18-45)46-19-7-4-8-20-46)29-31-63(54)76(67(56)39-60(53)71)65-33-44(42-73)66(34-43(65)41-72)77-64-32-30-48(75-61-26-14-10-22-50(61)51-23-11-15-27-62(51)75)36-55(64)57-38-58-52-24-12-16-28-69(52)78-70(58)40-68(57)77/h3-40H,1-2H3. The second kappa shape index (κ2) is 16.4. The van der Waals surface area contributed by atoms with Crippen molar-refractivity contribution in [3.8, 4) is 40.3 Å². The molecule has 0 spiro atoms. The average molecular weight is 1010 g/mol. The lowest BCUT2D eigenvalue weighted by Gasteiger charge is -2.25. The van der Waals surface area contributed by atoms with Crippen molar-refractivity contribution in [2.24, 2.45) is 0 Å². The van der Waals surface area contributed by atoms with Crippen LogP contribution in [0, 0.1) is 22.7 Å². The number of thiophene rings is 1. The Kier molecular flexibility index (Phi) is 9.29. The molecule has 0 bridgehead atoms. The maximum Gasteiger partial charge on any atom is 0.101 e. The molecule has 0 aliphatic heterocycles. The van der Waals surface area contributed by atoms with Crippen LogP contribution in [0.25, 0.3) is 114 Å². The quantitative estimate of drug-likeness (QED) is 0.167. The number of aromatic nitrogens is 3. The lowest BCUT2D eigenvalue weighted by Crippen LogP contribution is -2.15. The molecule has 1 aliphatic rings. The fourth-order valence-corrected chi connectivity index (χ4v) is 14.3. The third kappa shape index (κ3) is 6.16. The Balaban J connectivity index is 0.960. The molecule has 1 aliphatic carbocycles. The van der Waals surface area contributed by atoms with Crippen LogP contribution in [0.15, 0.2) is 231 Å². The van der Waals surface area contributed by atoms with Gasteiger partial charge in [0, 0.05) is 80.7 Å². The first-order valence-corrected chi connectivity index (χ1v) is 27.2. The Labute approximate surface area is 452 Å². The largest absolute Gasteiger partial charge is 0.310 e. The van der Waals surface area contributed by atoms with Crippen LogP contribution in [0.2, 0.25) is 0 Å². The van der Waals surface area contributed by atoms with Gasteiger partial charge < -0.3 is 18.6 Å². The fraction of sp³-hybridized carbons (Fsp3) is 0.0423. The molecular weight excluding hydrogens is 969 g/mol. The molecule has 0 unspecified atom stereocenters. The van der Waals surface area contributed by atoms with E-state index in [1.807, 2.05) is 24.3 Å². The third-order valence-electron chi connectivity index (χ3n) is 16.7. The van der Waals surface area contributed by atoms with Gasteiger partial charge in [0.15, 0.2) is 0 Å². The molecular formula is C71H44N6S. The van der Waals surface area contributed by atoms with Crippen molar-refractivity contribution in [3.05, 3.63) is 253 Å². The summed E-state index contributed by atoms with van der Waals surface area (Å²) in [4.78, 5) is 2.29. The second-order valence-corrected chi connectivity index (χ2v) is 22.2. The second-order valence-electron chi connectivity index (χ2n) is 21.1. The monoisotopic (exact) mass is 1010 g/mol. The normalized spacial score (nSPS) is 12.8. The first kappa shape index (κ1) is 44.1. The highest BCUT2D eigenvalue weighted by Crippen LogP contribution is 2.52. The molecule has 4 heterocycles. The molecule has 11 aromatic carbocycles. The van der Waals surface area contributed by atoms with Crippen molar-refractivity contribution in [1.82, 2.24) is 13.7 Å². The van der Waals surface area contributed by atoms with Crippen LogP contribution in [0.5, 0.6) is 0 Å². The molecule has 0 saturated heterocycles. The van der Waals surface area contributed by atoms with Crippen molar-refractivity contribution in [2.75, 3.05) is 4.90 Å². The lowest BCUT2D eigenvalue weighted by molar-refractivity contribution is 0.661. The Morgan fingerprint density at radius 2 is 0.885 bits per heavy atom. The zero-order valence-corrected chi connectivity index (χ0v) is 43.3. The van der Waals surface area contributed by atoms with Crippen LogP contribution in [-0.2, 0) is 5.41 Å². The molecule has 0 atom stereocenters. The predicted octanol–water partition coefficient (Wildman–Crippen LogP) is 18.9. The van der Waals surface area contributed by atoms with Crippen molar-refractivity contribution in [1.29, 1.82) is 10.5 Å². The van der Waals surface area contributed by atoms with Gasteiger partial charge in [-0.15, -0.1) is 11.3 Å². The number of hydrogen-bond acceptors (Lipinski definition) is 4. The third-order valence-corrected chi connectivity index (χ3v) is 17.8. The Bertz CT molecular complexity index is 5060. The molecule has 78 heavy (non-hydrogen) atoms. The molecule has 7 heteroatoms. The van der Waals surface area contributed by atoms with E-state index < -0.39 is 0 Å². The smallest absolute Gasteiger partial charge is 0.101 e. The van der Waals surface area contributed by atoms with E-state index in [0.717, 1.165) is 82.1 Å². The van der Waals surface area contributed by atoms with Gasteiger partial charge in [0.2, 0.25) is 0 Å². The van der Waals surface area contributed by atoms with Crippen molar-refractivity contribution in [3.63, 3.8) is 0 Å². The first-order valence-electron chi connectivity index (χ1n) is 26.4. The predicted molar refractivity (Wildman–Crippen MR) is 324 cm³/mol. The van der Waals surface area contributed by atoms with E-state index in [9.17, 15) is 10.5 Å². The van der Waals surface area contributed by atoms with Gasteiger partial charge in [-0.05, 0) is 138 Å². The van der Waals surface area contributed by atoms with Gasteiger partial charge in [0.05, 0.1) is 55.6 Å². The highest BCUT2D eigenvalue weighted by Gasteiger charge is 2.36. The molecule has 6 nitrogen and oxygen atoms in total. The number of anilines is 3. The molecule has 0 N–H and O–H groups in total. The zero-order chi connectivity index (χ0) is 52.0. The number of rotatable bonds is 6. The van der Waals surface area contributed by atoms with Crippen LogP contribution in [0.4, 0.5) is 17.1 Å². The number of hydrogen-bond donors (Lipinski definition) is 0. The van der Waals surface area contributed by atoms with Gasteiger partial charge in [0.25, 0.3) is 0 Å². The topological polar surface area (TPSA) is 65.6 Å². The molecule has 16 rings (SSSR count). The number of para-hydroxylation sites is 4. The summed E-state index contributed by atoms with van der Waals surface area (Å²) >= 11 is 1.78. The fourth-order valence-electron chi connectivity index (χ4n) is 13.2. The summed E-state index contributed by atoms with van der Waals surface area (Å²) in [6.07, 6.45) is 0. The van der Waals surface area contributed by atoms with E-state index in [4.69, 9.17) is 0 Å². The van der Waals surface area contributed by atoms with Crippen LogP contribution in [-0.4, -0.2) is 13.7 Å².